The molecule has 6 heteroatoms. The average molecular weight is 256 g/mol. The van der Waals surface area contributed by atoms with Crippen LogP contribution >= 0.6 is 23.5 Å². The molecule has 0 aliphatic carbocycles. The molecule has 0 spiro atoms. The molecular formula is C10H16N4S2. The first kappa shape index (κ1) is 12.0. The largest absolute Gasteiger partial charge is 0.368 e. The Bertz CT molecular complexity index is 353. The summed E-state index contributed by atoms with van der Waals surface area (Å²) in [5.74, 6) is 4.45. The lowest BCUT2D eigenvalue weighted by molar-refractivity contribution is 0.473. The second kappa shape index (κ2) is 5.72. The van der Waals surface area contributed by atoms with Gasteiger partial charge in [-0.05, 0) is 36.5 Å². The number of thioether (sulfide) groups is 2. The van der Waals surface area contributed by atoms with E-state index >= 15 is 0 Å². The van der Waals surface area contributed by atoms with Crippen LogP contribution in [-0.2, 0) is 6.42 Å². The lowest BCUT2D eigenvalue weighted by Gasteiger charge is -2.20. The third kappa shape index (κ3) is 3.25. The SMILES string of the molecule is CSc1nc(N)nc(CC2CCSCC2)n1. The van der Waals surface area contributed by atoms with Crippen molar-refractivity contribution in [2.45, 2.75) is 24.4 Å². The molecule has 0 amide bonds. The molecule has 0 bridgehead atoms. The third-order valence-corrected chi connectivity index (χ3v) is 4.27. The Morgan fingerprint density at radius 3 is 2.75 bits per heavy atom. The quantitative estimate of drug-likeness (QED) is 0.833. The fourth-order valence-corrected chi connectivity index (χ4v) is 3.39. The van der Waals surface area contributed by atoms with Gasteiger partial charge in [-0.3, -0.25) is 0 Å². The van der Waals surface area contributed by atoms with E-state index in [1.807, 2.05) is 18.0 Å². The Labute approximate surface area is 104 Å². The van der Waals surface area contributed by atoms with Gasteiger partial charge in [0.1, 0.15) is 5.82 Å². The molecule has 1 aliphatic heterocycles. The summed E-state index contributed by atoms with van der Waals surface area (Å²) in [6, 6.07) is 0. The first-order chi connectivity index (χ1) is 7.78. The van der Waals surface area contributed by atoms with Crippen molar-refractivity contribution >= 4 is 29.5 Å². The van der Waals surface area contributed by atoms with Crippen molar-refractivity contribution in [1.29, 1.82) is 0 Å². The third-order valence-electron chi connectivity index (χ3n) is 2.67. The van der Waals surface area contributed by atoms with Gasteiger partial charge in [-0.25, -0.2) is 4.98 Å². The van der Waals surface area contributed by atoms with Crippen LogP contribution in [0, 0.1) is 5.92 Å². The summed E-state index contributed by atoms with van der Waals surface area (Å²) in [5.41, 5.74) is 5.66. The molecule has 88 valence electrons. The summed E-state index contributed by atoms with van der Waals surface area (Å²) in [4.78, 5) is 12.7. The second-order valence-electron chi connectivity index (χ2n) is 3.86. The van der Waals surface area contributed by atoms with Crippen molar-refractivity contribution in [2.75, 3.05) is 23.5 Å². The predicted molar refractivity (Wildman–Crippen MR) is 69.8 cm³/mol. The molecule has 1 fully saturated rings. The van der Waals surface area contributed by atoms with Crippen LogP contribution in [0.25, 0.3) is 0 Å². The number of nitrogens with two attached hydrogens (primary N) is 1. The van der Waals surface area contributed by atoms with Crippen LogP contribution in [0.2, 0.25) is 0 Å². The summed E-state index contributed by atoms with van der Waals surface area (Å²) in [6.45, 7) is 0. The molecule has 1 aromatic rings. The highest BCUT2D eigenvalue weighted by atomic mass is 32.2. The van der Waals surface area contributed by atoms with Crippen molar-refractivity contribution in [1.82, 2.24) is 15.0 Å². The molecule has 0 saturated carbocycles. The Morgan fingerprint density at radius 2 is 2.06 bits per heavy atom. The van der Waals surface area contributed by atoms with Gasteiger partial charge in [0.15, 0.2) is 5.16 Å². The van der Waals surface area contributed by atoms with E-state index in [1.54, 1.807) is 0 Å². The topological polar surface area (TPSA) is 64.7 Å². The molecule has 2 rings (SSSR count). The zero-order valence-electron chi connectivity index (χ0n) is 9.35. The van der Waals surface area contributed by atoms with E-state index in [4.69, 9.17) is 5.73 Å². The van der Waals surface area contributed by atoms with Crippen LogP contribution < -0.4 is 5.73 Å². The van der Waals surface area contributed by atoms with E-state index in [9.17, 15) is 0 Å². The fourth-order valence-electron chi connectivity index (χ4n) is 1.81. The molecule has 0 atom stereocenters. The molecule has 2 heterocycles. The summed E-state index contributed by atoms with van der Waals surface area (Å²) in [6.07, 6.45) is 5.44. The molecule has 4 nitrogen and oxygen atoms in total. The van der Waals surface area contributed by atoms with Gasteiger partial charge in [0.2, 0.25) is 5.95 Å². The lowest BCUT2D eigenvalue weighted by atomic mass is 9.99. The van der Waals surface area contributed by atoms with E-state index in [1.165, 1.54) is 36.1 Å². The van der Waals surface area contributed by atoms with Gasteiger partial charge in [0, 0.05) is 6.42 Å². The molecule has 0 aromatic carbocycles. The molecule has 16 heavy (non-hydrogen) atoms. The van der Waals surface area contributed by atoms with Crippen LogP contribution in [0.1, 0.15) is 18.7 Å². The predicted octanol–water partition coefficient (Wildman–Crippen LogP) is 1.86. The standard InChI is InChI=1S/C10H16N4S2/c1-15-10-13-8(12-9(11)14-10)6-7-2-4-16-5-3-7/h7H,2-6H2,1H3,(H2,11,12,13,14). The molecular weight excluding hydrogens is 240 g/mol. The minimum Gasteiger partial charge on any atom is -0.368 e. The summed E-state index contributed by atoms with van der Waals surface area (Å²) in [7, 11) is 0. The number of nitrogen functional groups attached to an aromatic ring is 1. The minimum atomic E-state index is 0.347. The van der Waals surface area contributed by atoms with Crippen LogP contribution in [-0.4, -0.2) is 32.7 Å². The first-order valence-corrected chi connectivity index (χ1v) is 7.78. The van der Waals surface area contributed by atoms with E-state index < -0.39 is 0 Å². The second-order valence-corrected chi connectivity index (χ2v) is 5.85. The minimum absolute atomic E-state index is 0.347. The number of anilines is 1. The maximum Gasteiger partial charge on any atom is 0.224 e. The number of aromatic nitrogens is 3. The van der Waals surface area contributed by atoms with Crippen molar-refractivity contribution in [3.8, 4) is 0 Å². The highest BCUT2D eigenvalue weighted by Gasteiger charge is 2.16. The molecule has 2 N–H and O–H groups in total. The van der Waals surface area contributed by atoms with Gasteiger partial charge in [0.25, 0.3) is 0 Å². The smallest absolute Gasteiger partial charge is 0.224 e. The number of hydrogen-bond acceptors (Lipinski definition) is 6. The van der Waals surface area contributed by atoms with Crippen LogP contribution in [0.15, 0.2) is 5.16 Å². The highest BCUT2D eigenvalue weighted by molar-refractivity contribution is 7.99. The van der Waals surface area contributed by atoms with E-state index in [-0.39, 0.29) is 0 Å². The Hall–Kier alpha value is -0.490. The van der Waals surface area contributed by atoms with Crippen LogP contribution in [0.4, 0.5) is 5.95 Å². The summed E-state index contributed by atoms with van der Waals surface area (Å²) >= 11 is 3.55. The van der Waals surface area contributed by atoms with E-state index in [2.05, 4.69) is 15.0 Å². The molecule has 0 radical (unpaired) electrons. The van der Waals surface area contributed by atoms with Crippen LogP contribution in [0.3, 0.4) is 0 Å². The monoisotopic (exact) mass is 256 g/mol. The zero-order chi connectivity index (χ0) is 11.4. The fraction of sp³-hybridized carbons (Fsp3) is 0.700. The number of hydrogen-bond donors (Lipinski definition) is 1. The van der Waals surface area contributed by atoms with Crippen molar-refractivity contribution < 1.29 is 0 Å². The Morgan fingerprint density at radius 1 is 1.31 bits per heavy atom. The maximum absolute atomic E-state index is 5.66. The van der Waals surface area contributed by atoms with E-state index in [0.29, 0.717) is 5.95 Å². The Balaban J connectivity index is 2.04. The van der Waals surface area contributed by atoms with Gasteiger partial charge in [-0.2, -0.15) is 21.7 Å². The van der Waals surface area contributed by atoms with Crippen molar-refractivity contribution in [3.63, 3.8) is 0 Å². The number of rotatable bonds is 3. The van der Waals surface area contributed by atoms with Gasteiger partial charge in [-0.1, -0.05) is 11.8 Å². The number of nitrogens with zero attached hydrogens (tertiary/aromatic N) is 3. The zero-order valence-corrected chi connectivity index (χ0v) is 11.0. The molecule has 1 aromatic heterocycles. The normalized spacial score (nSPS) is 17.6. The Kier molecular flexibility index (Phi) is 4.29. The first-order valence-electron chi connectivity index (χ1n) is 5.40. The van der Waals surface area contributed by atoms with Gasteiger partial charge < -0.3 is 5.73 Å². The van der Waals surface area contributed by atoms with E-state index in [0.717, 1.165) is 23.3 Å². The lowest BCUT2D eigenvalue weighted by Crippen LogP contribution is -2.15. The maximum atomic E-state index is 5.66. The molecule has 1 aliphatic rings. The van der Waals surface area contributed by atoms with Crippen LogP contribution in [0.5, 0.6) is 0 Å². The average Bonchev–Trinajstić information content (AvgIpc) is 2.29. The summed E-state index contributed by atoms with van der Waals surface area (Å²) in [5, 5.41) is 0.729. The van der Waals surface area contributed by atoms with Gasteiger partial charge in [-0.15, -0.1) is 0 Å². The summed E-state index contributed by atoms with van der Waals surface area (Å²) < 4.78 is 0. The van der Waals surface area contributed by atoms with Gasteiger partial charge in [0.05, 0.1) is 0 Å². The van der Waals surface area contributed by atoms with Crippen molar-refractivity contribution in [3.05, 3.63) is 5.82 Å². The van der Waals surface area contributed by atoms with Gasteiger partial charge >= 0.3 is 0 Å². The van der Waals surface area contributed by atoms with Crippen molar-refractivity contribution in [2.24, 2.45) is 5.92 Å². The molecule has 0 unspecified atom stereocenters. The molecule has 1 saturated heterocycles. The highest BCUT2D eigenvalue weighted by Crippen LogP contribution is 2.25.